The number of fused-ring (bicyclic) bond motifs is 2. The SMILES string of the molecule is CC(CCCc1ccc(F)cc1)C1CC2=C(CN1)c1c(O)cccc1OC2(C)C.Cl. The van der Waals surface area contributed by atoms with Crippen LogP contribution in [0.15, 0.2) is 48.0 Å². The lowest BCUT2D eigenvalue weighted by atomic mass is 9.77. The Bertz CT molecular complexity index is 923. The van der Waals surface area contributed by atoms with Gasteiger partial charge in [-0.25, -0.2) is 4.39 Å². The van der Waals surface area contributed by atoms with E-state index in [2.05, 4.69) is 26.1 Å². The van der Waals surface area contributed by atoms with E-state index in [0.717, 1.165) is 43.5 Å². The van der Waals surface area contributed by atoms with Crippen LogP contribution in [0.25, 0.3) is 5.57 Å². The maximum Gasteiger partial charge on any atom is 0.131 e. The number of hydrogen-bond acceptors (Lipinski definition) is 3. The molecule has 0 aliphatic carbocycles. The van der Waals surface area contributed by atoms with E-state index in [4.69, 9.17) is 4.74 Å². The average Bonchev–Trinajstić information content (AvgIpc) is 2.69. The minimum Gasteiger partial charge on any atom is -0.507 e. The molecule has 2 aromatic rings. The molecule has 162 valence electrons. The summed E-state index contributed by atoms with van der Waals surface area (Å²) in [4.78, 5) is 0. The molecule has 2 aromatic carbocycles. The molecule has 3 nitrogen and oxygen atoms in total. The van der Waals surface area contributed by atoms with Crippen LogP contribution in [0, 0.1) is 11.7 Å². The maximum absolute atomic E-state index is 13.1. The van der Waals surface area contributed by atoms with Gasteiger partial charge in [0.15, 0.2) is 0 Å². The monoisotopic (exact) mass is 431 g/mol. The molecule has 0 spiro atoms. The third kappa shape index (κ3) is 4.50. The first-order valence-corrected chi connectivity index (χ1v) is 10.6. The summed E-state index contributed by atoms with van der Waals surface area (Å²) in [5, 5.41) is 14.1. The number of hydrogen-bond donors (Lipinski definition) is 2. The Morgan fingerprint density at radius 1 is 1.20 bits per heavy atom. The number of phenols is 1. The third-order valence-corrected chi connectivity index (χ3v) is 6.45. The highest BCUT2D eigenvalue weighted by Crippen LogP contribution is 2.47. The van der Waals surface area contributed by atoms with E-state index >= 15 is 0 Å². The van der Waals surface area contributed by atoms with Crippen LogP contribution in [0.2, 0.25) is 0 Å². The van der Waals surface area contributed by atoms with Crippen molar-refractivity contribution < 1.29 is 14.2 Å². The lowest BCUT2D eigenvalue weighted by molar-refractivity contribution is 0.131. The van der Waals surface area contributed by atoms with Crippen molar-refractivity contribution in [2.75, 3.05) is 6.54 Å². The lowest BCUT2D eigenvalue weighted by Crippen LogP contribution is -2.46. The third-order valence-electron chi connectivity index (χ3n) is 6.45. The van der Waals surface area contributed by atoms with Crippen molar-refractivity contribution in [2.45, 2.75) is 58.1 Å². The smallest absolute Gasteiger partial charge is 0.131 e. The molecule has 0 bridgehead atoms. The van der Waals surface area contributed by atoms with Crippen LogP contribution in [0.4, 0.5) is 4.39 Å². The van der Waals surface area contributed by atoms with Crippen LogP contribution in [-0.2, 0) is 6.42 Å². The number of benzene rings is 2. The molecular weight excluding hydrogens is 401 g/mol. The second kappa shape index (κ2) is 8.99. The van der Waals surface area contributed by atoms with Gasteiger partial charge < -0.3 is 15.2 Å². The Labute approximate surface area is 184 Å². The van der Waals surface area contributed by atoms with E-state index in [0.29, 0.717) is 12.0 Å². The van der Waals surface area contributed by atoms with E-state index < -0.39 is 0 Å². The van der Waals surface area contributed by atoms with Gasteiger partial charge in [-0.3, -0.25) is 0 Å². The highest BCUT2D eigenvalue weighted by atomic mass is 35.5. The van der Waals surface area contributed by atoms with Gasteiger partial charge in [-0.15, -0.1) is 12.4 Å². The van der Waals surface area contributed by atoms with Crippen molar-refractivity contribution in [1.82, 2.24) is 5.32 Å². The van der Waals surface area contributed by atoms with Gasteiger partial charge in [0.25, 0.3) is 0 Å². The summed E-state index contributed by atoms with van der Waals surface area (Å²) in [5.41, 5.74) is 4.14. The van der Waals surface area contributed by atoms with Gasteiger partial charge >= 0.3 is 0 Å². The number of ether oxygens (including phenoxy) is 1. The number of rotatable bonds is 5. The fourth-order valence-corrected chi connectivity index (χ4v) is 4.73. The van der Waals surface area contributed by atoms with Crippen molar-refractivity contribution in [3.63, 3.8) is 0 Å². The number of halogens is 2. The Morgan fingerprint density at radius 3 is 2.67 bits per heavy atom. The zero-order chi connectivity index (χ0) is 20.6. The zero-order valence-electron chi connectivity index (χ0n) is 17.9. The Morgan fingerprint density at radius 2 is 1.93 bits per heavy atom. The van der Waals surface area contributed by atoms with E-state index in [1.807, 2.05) is 24.3 Å². The summed E-state index contributed by atoms with van der Waals surface area (Å²) in [7, 11) is 0. The molecule has 0 amide bonds. The molecule has 2 N–H and O–H groups in total. The van der Waals surface area contributed by atoms with E-state index in [-0.39, 0.29) is 29.6 Å². The standard InChI is InChI=1S/C25H30FNO2.ClH/c1-16(6-4-7-17-10-12-18(26)13-11-17)21-14-20-19(15-27-21)24-22(28)8-5-9-23(24)29-25(20,2)3;/h5,8-13,16,21,27-28H,4,6-7,14-15H2,1-3H3;1H. The molecule has 0 radical (unpaired) electrons. The second-order valence-corrected chi connectivity index (χ2v) is 8.91. The van der Waals surface area contributed by atoms with Crippen LogP contribution in [0.1, 0.15) is 51.2 Å². The molecule has 2 aliphatic rings. The van der Waals surface area contributed by atoms with Gasteiger partial charge in [0.2, 0.25) is 0 Å². The van der Waals surface area contributed by atoms with Crippen molar-refractivity contribution in [1.29, 1.82) is 0 Å². The number of aryl methyl sites for hydroxylation is 1. The number of aromatic hydroxyl groups is 1. The number of phenolic OH excluding ortho intramolecular Hbond substituents is 1. The highest BCUT2D eigenvalue weighted by molar-refractivity contribution is 5.85. The van der Waals surface area contributed by atoms with Crippen molar-refractivity contribution >= 4 is 18.0 Å². The van der Waals surface area contributed by atoms with Crippen molar-refractivity contribution in [2.24, 2.45) is 5.92 Å². The molecule has 0 saturated carbocycles. The second-order valence-electron chi connectivity index (χ2n) is 8.91. The summed E-state index contributed by atoms with van der Waals surface area (Å²) < 4.78 is 19.3. The Hall–Kier alpha value is -2.04. The summed E-state index contributed by atoms with van der Waals surface area (Å²) in [5.74, 6) is 1.40. The minimum absolute atomic E-state index is 0. The predicted octanol–water partition coefficient (Wildman–Crippen LogP) is 5.90. The molecule has 2 unspecified atom stereocenters. The molecule has 2 heterocycles. The first-order valence-electron chi connectivity index (χ1n) is 10.6. The van der Waals surface area contributed by atoms with Crippen LogP contribution < -0.4 is 10.1 Å². The molecule has 0 fully saturated rings. The topological polar surface area (TPSA) is 41.5 Å². The fourth-order valence-electron chi connectivity index (χ4n) is 4.73. The van der Waals surface area contributed by atoms with Crippen LogP contribution in [0.3, 0.4) is 0 Å². The Balaban J connectivity index is 0.00000256. The van der Waals surface area contributed by atoms with Gasteiger partial charge in [0.1, 0.15) is 22.9 Å². The normalized spacial score (nSPS) is 20.5. The van der Waals surface area contributed by atoms with Gasteiger partial charge in [-0.05, 0) is 86.4 Å². The zero-order valence-corrected chi connectivity index (χ0v) is 18.7. The van der Waals surface area contributed by atoms with Gasteiger partial charge in [-0.1, -0.05) is 25.1 Å². The molecule has 2 aliphatic heterocycles. The van der Waals surface area contributed by atoms with E-state index in [1.165, 1.54) is 28.8 Å². The lowest BCUT2D eigenvalue weighted by Gasteiger charge is -2.43. The van der Waals surface area contributed by atoms with Crippen molar-refractivity contribution in [3.8, 4) is 11.5 Å². The molecule has 0 aromatic heterocycles. The van der Waals surface area contributed by atoms with Crippen molar-refractivity contribution in [3.05, 3.63) is 65.0 Å². The minimum atomic E-state index is -0.371. The van der Waals surface area contributed by atoms with Gasteiger partial charge in [-0.2, -0.15) is 0 Å². The summed E-state index contributed by atoms with van der Waals surface area (Å²) in [6.07, 6.45) is 4.09. The summed E-state index contributed by atoms with van der Waals surface area (Å²) >= 11 is 0. The van der Waals surface area contributed by atoms with E-state index in [1.54, 1.807) is 6.07 Å². The molecule has 4 rings (SSSR count). The van der Waals surface area contributed by atoms with Crippen LogP contribution in [-0.4, -0.2) is 23.3 Å². The molecule has 5 heteroatoms. The highest BCUT2D eigenvalue weighted by Gasteiger charge is 2.40. The Kier molecular flexibility index (Phi) is 6.78. The fraction of sp³-hybridized carbons (Fsp3) is 0.440. The van der Waals surface area contributed by atoms with Crippen LogP contribution >= 0.6 is 12.4 Å². The molecule has 0 saturated heterocycles. The predicted molar refractivity (Wildman–Crippen MR) is 122 cm³/mol. The molecular formula is C25H31ClFNO2. The quantitative estimate of drug-likeness (QED) is 0.619. The first kappa shape index (κ1) is 22.6. The van der Waals surface area contributed by atoms with E-state index in [9.17, 15) is 9.50 Å². The largest absolute Gasteiger partial charge is 0.507 e. The number of nitrogens with one attached hydrogen (secondary N) is 1. The first-order chi connectivity index (χ1) is 13.8. The average molecular weight is 432 g/mol. The van der Waals surface area contributed by atoms with Gasteiger partial charge in [0.05, 0.1) is 5.56 Å². The van der Waals surface area contributed by atoms with Crippen LogP contribution in [0.5, 0.6) is 11.5 Å². The summed E-state index contributed by atoms with van der Waals surface area (Å²) in [6, 6.07) is 12.7. The summed E-state index contributed by atoms with van der Waals surface area (Å²) in [6.45, 7) is 7.30. The molecule has 30 heavy (non-hydrogen) atoms. The molecule has 2 atom stereocenters. The van der Waals surface area contributed by atoms with Gasteiger partial charge in [0, 0.05) is 12.6 Å². The maximum atomic E-state index is 13.1.